The lowest BCUT2D eigenvalue weighted by Gasteiger charge is -2.33. The first-order valence-corrected chi connectivity index (χ1v) is 9.88. The fourth-order valence-electron chi connectivity index (χ4n) is 3.17. The normalized spacial score (nSPS) is 16.8. The Morgan fingerprint density at radius 2 is 2.07 bits per heavy atom. The van der Waals surface area contributed by atoms with Crippen LogP contribution >= 0.6 is 11.3 Å². The molecule has 3 rings (SSSR count). The second kappa shape index (κ2) is 8.99. The number of carbonyl (C=O) groups excluding carboxylic acids is 2. The number of nitrogens with zero attached hydrogens (tertiary/aromatic N) is 2. The molecule has 27 heavy (non-hydrogen) atoms. The highest BCUT2D eigenvalue weighted by molar-refractivity contribution is 7.12. The van der Waals surface area contributed by atoms with E-state index in [2.05, 4.69) is 0 Å². The molecule has 2 aromatic rings. The maximum atomic E-state index is 12.9. The van der Waals surface area contributed by atoms with Crippen LogP contribution in [0.1, 0.15) is 22.5 Å². The monoisotopic (exact) mass is 390 g/mol. The molecule has 0 N–H and O–H groups in total. The van der Waals surface area contributed by atoms with E-state index in [0.717, 1.165) is 12.8 Å². The first-order chi connectivity index (χ1) is 13.0. The molecule has 0 radical (unpaired) electrons. The number of ether oxygens (including phenoxy) is 1. The summed E-state index contributed by atoms with van der Waals surface area (Å²) in [5, 5.41) is 1.88. The lowest BCUT2D eigenvalue weighted by atomic mass is 9.96. The Bertz CT molecular complexity index is 764. The van der Waals surface area contributed by atoms with Gasteiger partial charge in [-0.25, -0.2) is 4.39 Å². The van der Waals surface area contributed by atoms with Crippen LogP contribution < -0.4 is 4.74 Å². The minimum absolute atomic E-state index is 0.00444. The minimum Gasteiger partial charge on any atom is -0.492 e. The Kier molecular flexibility index (Phi) is 6.45. The average Bonchev–Trinajstić information content (AvgIpc) is 3.23. The molecule has 144 valence electrons. The van der Waals surface area contributed by atoms with Gasteiger partial charge in [0.25, 0.3) is 5.91 Å². The molecule has 1 aromatic carbocycles. The van der Waals surface area contributed by atoms with E-state index in [0.29, 0.717) is 36.9 Å². The van der Waals surface area contributed by atoms with Gasteiger partial charge in [-0.3, -0.25) is 9.59 Å². The summed E-state index contributed by atoms with van der Waals surface area (Å²) in [4.78, 5) is 29.4. The van der Waals surface area contributed by atoms with E-state index in [9.17, 15) is 14.0 Å². The van der Waals surface area contributed by atoms with E-state index in [1.165, 1.54) is 23.5 Å². The zero-order chi connectivity index (χ0) is 19.2. The van der Waals surface area contributed by atoms with Crippen LogP contribution in [-0.2, 0) is 4.79 Å². The van der Waals surface area contributed by atoms with Gasteiger partial charge < -0.3 is 14.5 Å². The standard InChI is InChI=1S/C20H23FN2O3S/c1-22(11-12-26-17-8-6-16(21)7-9-17)19(24)15-4-2-10-23(14-15)20(25)18-5-3-13-27-18/h3,5-9,13,15H,2,4,10-12,14H2,1H3/t15-/m1/s1. The van der Waals surface area contributed by atoms with Crippen LogP contribution in [0.3, 0.4) is 0 Å². The number of benzene rings is 1. The summed E-state index contributed by atoms with van der Waals surface area (Å²) in [7, 11) is 1.75. The number of thiophene rings is 1. The van der Waals surface area contributed by atoms with E-state index in [4.69, 9.17) is 4.74 Å². The molecule has 1 fully saturated rings. The van der Waals surface area contributed by atoms with E-state index >= 15 is 0 Å². The van der Waals surface area contributed by atoms with Crippen LogP contribution in [0, 0.1) is 11.7 Å². The van der Waals surface area contributed by atoms with E-state index in [-0.39, 0.29) is 23.5 Å². The first-order valence-electron chi connectivity index (χ1n) is 9.00. The minimum atomic E-state index is -0.311. The number of hydrogen-bond acceptors (Lipinski definition) is 4. The molecule has 1 saturated heterocycles. The van der Waals surface area contributed by atoms with Gasteiger partial charge in [0.15, 0.2) is 0 Å². The summed E-state index contributed by atoms with van der Waals surface area (Å²) in [5.74, 6) is 0.112. The predicted octanol–water partition coefficient (Wildman–Crippen LogP) is 3.28. The molecule has 0 saturated carbocycles. The predicted molar refractivity (Wildman–Crippen MR) is 102 cm³/mol. The summed E-state index contributed by atoms with van der Waals surface area (Å²) in [6.45, 7) is 1.92. The van der Waals surface area contributed by atoms with Crippen molar-refractivity contribution in [3.63, 3.8) is 0 Å². The molecule has 0 unspecified atom stereocenters. The Hall–Kier alpha value is -2.41. The van der Waals surface area contributed by atoms with Crippen LogP contribution in [0.15, 0.2) is 41.8 Å². The van der Waals surface area contributed by atoms with Crippen molar-refractivity contribution in [1.29, 1.82) is 0 Å². The molecule has 1 aromatic heterocycles. The second-order valence-corrected chi connectivity index (χ2v) is 7.58. The van der Waals surface area contributed by atoms with E-state index in [1.54, 1.807) is 29.0 Å². The summed E-state index contributed by atoms with van der Waals surface area (Å²) in [6.07, 6.45) is 1.61. The van der Waals surface area contributed by atoms with Gasteiger partial charge in [0.05, 0.1) is 17.3 Å². The Labute approximate surface area is 162 Å². The third-order valence-corrected chi connectivity index (χ3v) is 5.53. The average molecular weight is 390 g/mol. The third-order valence-electron chi connectivity index (χ3n) is 4.68. The number of piperidine rings is 1. The highest BCUT2D eigenvalue weighted by Crippen LogP contribution is 2.22. The van der Waals surface area contributed by atoms with E-state index in [1.807, 2.05) is 17.5 Å². The second-order valence-electron chi connectivity index (χ2n) is 6.63. The summed E-state index contributed by atoms with van der Waals surface area (Å²) < 4.78 is 18.4. The van der Waals surface area contributed by atoms with Gasteiger partial charge >= 0.3 is 0 Å². The number of halogens is 1. The molecule has 0 aliphatic carbocycles. The quantitative estimate of drug-likeness (QED) is 0.761. The Balaban J connectivity index is 1.48. The zero-order valence-corrected chi connectivity index (χ0v) is 16.1. The van der Waals surface area contributed by atoms with Crippen LogP contribution in [-0.4, -0.2) is 54.9 Å². The largest absolute Gasteiger partial charge is 0.492 e. The number of likely N-dealkylation sites (N-methyl/N-ethyl adjacent to an activating group) is 1. The molecule has 1 aliphatic rings. The molecule has 0 bridgehead atoms. The number of hydrogen-bond donors (Lipinski definition) is 0. The lowest BCUT2D eigenvalue weighted by molar-refractivity contribution is -0.135. The van der Waals surface area contributed by atoms with Gasteiger partial charge in [-0.15, -0.1) is 11.3 Å². The highest BCUT2D eigenvalue weighted by Gasteiger charge is 2.30. The zero-order valence-electron chi connectivity index (χ0n) is 15.3. The van der Waals surface area contributed by atoms with Crippen molar-refractivity contribution in [1.82, 2.24) is 9.80 Å². The molecule has 2 heterocycles. The SMILES string of the molecule is CN(CCOc1ccc(F)cc1)C(=O)[C@@H]1CCCN(C(=O)c2cccs2)C1. The molecule has 0 spiro atoms. The van der Waals surface area contributed by atoms with Gasteiger partial charge in [0.2, 0.25) is 5.91 Å². The van der Waals surface area contributed by atoms with Gasteiger partial charge in [-0.2, -0.15) is 0 Å². The Morgan fingerprint density at radius 3 is 2.78 bits per heavy atom. The van der Waals surface area contributed by atoms with E-state index < -0.39 is 0 Å². The molecule has 1 atom stereocenters. The van der Waals surface area contributed by atoms with Crippen molar-refractivity contribution in [2.45, 2.75) is 12.8 Å². The van der Waals surface area contributed by atoms with Crippen molar-refractivity contribution in [3.8, 4) is 5.75 Å². The highest BCUT2D eigenvalue weighted by atomic mass is 32.1. The molecule has 1 aliphatic heterocycles. The van der Waals surface area contributed by atoms with Crippen LogP contribution in [0.5, 0.6) is 5.75 Å². The number of likely N-dealkylation sites (tertiary alicyclic amines) is 1. The Morgan fingerprint density at radius 1 is 1.30 bits per heavy atom. The molecular weight excluding hydrogens is 367 g/mol. The third kappa shape index (κ3) is 5.07. The van der Waals surface area contributed by atoms with Gasteiger partial charge in [-0.05, 0) is 48.6 Å². The van der Waals surface area contributed by atoms with Crippen molar-refractivity contribution in [2.75, 3.05) is 33.3 Å². The first kappa shape index (κ1) is 19.4. The van der Waals surface area contributed by atoms with Crippen molar-refractivity contribution >= 4 is 23.2 Å². The summed E-state index contributed by atoms with van der Waals surface area (Å²) in [6, 6.07) is 9.48. The molecule has 7 heteroatoms. The smallest absolute Gasteiger partial charge is 0.263 e. The fraction of sp³-hybridized carbons (Fsp3) is 0.400. The number of amides is 2. The van der Waals surface area contributed by atoms with Crippen LogP contribution in [0.25, 0.3) is 0 Å². The molecular formula is C20H23FN2O3S. The van der Waals surface area contributed by atoms with Gasteiger partial charge in [0.1, 0.15) is 18.2 Å². The summed E-state index contributed by atoms with van der Waals surface area (Å²) in [5.41, 5.74) is 0. The number of carbonyl (C=O) groups is 2. The van der Waals surface area contributed by atoms with Crippen molar-refractivity contribution in [2.24, 2.45) is 5.92 Å². The number of rotatable bonds is 6. The molecule has 2 amide bonds. The fourth-order valence-corrected chi connectivity index (χ4v) is 3.86. The lowest BCUT2D eigenvalue weighted by Crippen LogP contribution is -2.46. The summed E-state index contributed by atoms with van der Waals surface area (Å²) >= 11 is 1.42. The van der Waals surface area contributed by atoms with Gasteiger partial charge in [-0.1, -0.05) is 6.07 Å². The van der Waals surface area contributed by atoms with Gasteiger partial charge in [0, 0.05) is 20.1 Å². The topological polar surface area (TPSA) is 49.9 Å². The maximum Gasteiger partial charge on any atom is 0.263 e. The van der Waals surface area contributed by atoms with Crippen LogP contribution in [0.4, 0.5) is 4.39 Å². The van der Waals surface area contributed by atoms with Crippen LogP contribution in [0.2, 0.25) is 0 Å². The maximum absolute atomic E-state index is 12.9. The molecule has 5 nitrogen and oxygen atoms in total. The van der Waals surface area contributed by atoms with Crippen molar-refractivity contribution in [3.05, 3.63) is 52.5 Å². The van der Waals surface area contributed by atoms with Crippen molar-refractivity contribution < 1.29 is 18.7 Å².